The van der Waals surface area contributed by atoms with Crippen molar-refractivity contribution in [2.75, 3.05) is 6.54 Å². The summed E-state index contributed by atoms with van der Waals surface area (Å²) in [6, 6.07) is 4.62. The van der Waals surface area contributed by atoms with Gasteiger partial charge in [-0.05, 0) is 31.0 Å². The number of hydrogen-bond donors (Lipinski definition) is 1. The minimum absolute atomic E-state index is 0.00740. The van der Waals surface area contributed by atoms with E-state index in [-0.39, 0.29) is 30.7 Å². The number of amides is 2. The standard InChI is InChI=1S/C15H16BrFN2O2/c16-11-3-4-12(17)10(7-11)8-19-9-13(20)18-15(14(19)21)5-1-2-6-15/h3-4,7H,1-2,5-6,8-9H2,(H,18,20). The largest absolute Gasteiger partial charge is 0.340 e. The average Bonchev–Trinajstić information content (AvgIpc) is 2.89. The van der Waals surface area contributed by atoms with Crippen molar-refractivity contribution in [2.45, 2.75) is 37.8 Å². The van der Waals surface area contributed by atoms with E-state index in [0.29, 0.717) is 18.4 Å². The Hall–Kier alpha value is -1.43. The Labute approximate surface area is 130 Å². The SMILES string of the molecule is O=C1CN(Cc2cc(Br)ccc2F)C(=O)C2(CCCC2)N1. The van der Waals surface area contributed by atoms with Gasteiger partial charge in [-0.3, -0.25) is 9.59 Å². The minimum atomic E-state index is -0.752. The maximum atomic E-state index is 13.9. The second kappa shape index (κ2) is 5.40. The van der Waals surface area contributed by atoms with Crippen molar-refractivity contribution in [1.29, 1.82) is 0 Å². The molecule has 4 nitrogen and oxygen atoms in total. The molecule has 2 amide bonds. The van der Waals surface area contributed by atoms with E-state index in [1.54, 1.807) is 12.1 Å². The zero-order valence-corrected chi connectivity index (χ0v) is 13.1. The van der Waals surface area contributed by atoms with Crippen LogP contribution in [-0.4, -0.2) is 28.8 Å². The summed E-state index contributed by atoms with van der Waals surface area (Å²) in [7, 11) is 0. The molecule has 1 spiro atoms. The van der Waals surface area contributed by atoms with Gasteiger partial charge in [0.05, 0.1) is 6.54 Å². The Kier molecular flexibility index (Phi) is 3.73. The lowest BCUT2D eigenvalue weighted by Gasteiger charge is -2.39. The molecule has 3 rings (SSSR count). The molecule has 1 aliphatic carbocycles. The summed E-state index contributed by atoms with van der Waals surface area (Å²) in [6.45, 7) is 0.117. The first-order valence-corrected chi connectivity index (χ1v) is 7.84. The summed E-state index contributed by atoms with van der Waals surface area (Å²) in [6.07, 6.45) is 3.22. The second-order valence-corrected chi connectivity index (χ2v) is 6.65. The molecular formula is C15H16BrFN2O2. The maximum absolute atomic E-state index is 13.9. The van der Waals surface area contributed by atoms with Crippen LogP contribution in [0.5, 0.6) is 0 Å². The summed E-state index contributed by atoms with van der Waals surface area (Å²) in [5, 5.41) is 2.85. The molecule has 6 heteroatoms. The Morgan fingerprint density at radius 2 is 2.00 bits per heavy atom. The van der Waals surface area contributed by atoms with Gasteiger partial charge in [0.25, 0.3) is 0 Å². The predicted octanol–water partition coefficient (Wildman–Crippen LogP) is 2.36. The fourth-order valence-corrected chi connectivity index (χ4v) is 3.63. The highest BCUT2D eigenvalue weighted by Gasteiger charge is 2.48. The molecule has 1 aliphatic heterocycles. The molecule has 0 unspecified atom stereocenters. The van der Waals surface area contributed by atoms with E-state index >= 15 is 0 Å². The molecule has 1 aromatic carbocycles. The van der Waals surface area contributed by atoms with Gasteiger partial charge in [-0.15, -0.1) is 0 Å². The van der Waals surface area contributed by atoms with E-state index in [2.05, 4.69) is 21.2 Å². The molecule has 2 aliphatic rings. The van der Waals surface area contributed by atoms with E-state index < -0.39 is 5.54 Å². The molecule has 1 saturated carbocycles. The van der Waals surface area contributed by atoms with Gasteiger partial charge in [0.2, 0.25) is 11.8 Å². The first-order chi connectivity index (χ1) is 10.00. The van der Waals surface area contributed by atoms with E-state index in [9.17, 15) is 14.0 Å². The molecule has 2 fully saturated rings. The Balaban J connectivity index is 1.85. The molecule has 1 saturated heterocycles. The van der Waals surface area contributed by atoms with Crippen LogP contribution in [0.1, 0.15) is 31.2 Å². The number of carbonyl (C=O) groups is 2. The van der Waals surface area contributed by atoms with Gasteiger partial charge < -0.3 is 10.2 Å². The molecule has 112 valence electrons. The van der Waals surface area contributed by atoms with Crippen LogP contribution in [0.4, 0.5) is 4.39 Å². The van der Waals surface area contributed by atoms with Crippen LogP contribution < -0.4 is 5.32 Å². The first-order valence-electron chi connectivity index (χ1n) is 7.04. The van der Waals surface area contributed by atoms with Crippen LogP contribution in [0.3, 0.4) is 0 Å². The Bertz CT molecular complexity index is 599. The third-order valence-electron chi connectivity index (χ3n) is 4.24. The van der Waals surface area contributed by atoms with Crippen LogP contribution in [0, 0.1) is 5.82 Å². The molecule has 0 bridgehead atoms. The molecule has 0 radical (unpaired) electrons. The summed E-state index contributed by atoms with van der Waals surface area (Å²) >= 11 is 3.30. The number of piperazine rings is 1. The molecule has 1 N–H and O–H groups in total. The van der Waals surface area contributed by atoms with Gasteiger partial charge in [-0.1, -0.05) is 28.8 Å². The second-order valence-electron chi connectivity index (χ2n) is 5.73. The minimum Gasteiger partial charge on any atom is -0.340 e. The lowest BCUT2D eigenvalue weighted by atomic mass is 9.93. The number of carbonyl (C=O) groups excluding carboxylic acids is 2. The molecular weight excluding hydrogens is 339 g/mol. The van der Waals surface area contributed by atoms with Crippen molar-refractivity contribution in [3.8, 4) is 0 Å². The van der Waals surface area contributed by atoms with Crippen LogP contribution in [0.15, 0.2) is 22.7 Å². The maximum Gasteiger partial charge on any atom is 0.249 e. The van der Waals surface area contributed by atoms with E-state index in [1.807, 2.05) is 0 Å². The van der Waals surface area contributed by atoms with Crippen molar-refractivity contribution in [1.82, 2.24) is 10.2 Å². The van der Waals surface area contributed by atoms with Crippen molar-refractivity contribution >= 4 is 27.7 Å². The van der Waals surface area contributed by atoms with Crippen LogP contribution in [0.25, 0.3) is 0 Å². The number of halogens is 2. The summed E-state index contributed by atoms with van der Waals surface area (Å²) < 4.78 is 14.6. The smallest absolute Gasteiger partial charge is 0.249 e. The van der Waals surface area contributed by atoms with Crippen molar-refractivity contribution in [3.63, 3.8) is 0 Å². The number of benzene rings is 1. The molecule has 0 atom stereocenters. The van der Waals surface area contributed by atoms with Gasteiger partial charge >= 0.3 is 0 Å². The van der Waals surface area contributed by atoms with Gasteiger partial charge in [0, 0.05) is 16.6 Å². The quantitative estimate of drug-likeness (QED) is 0.886. The number of nitrogens with zero attached hydrogens (tertiary/aromatic N) is 1. The third kappa shape index (κ3) is 2.69. The summed E-state index contributed by atoms with van der Waals surface area (Å²) in [5.74, 6) is -0.608. The molecule has 21 heavy (non-hydrogen) atoms. The van der Waals surface area contributed by atoms with E-state index in [4.69, 9.17) is 0 Å². The zero-order chi connectivity index (χ0) is 15.0. The van der Waals surface area contributed by atoms with Gasteiger partial charge in [0.15, 0.2) is 0 Å². The number of rotatable bonds is 2. The third-order valence-corrected chi connectivity index (χ3v) is 4.73. The lowest BCUT2D eigenvalue weighted by Crippen LogP contribution is -2.65. The fraction of sp³-hybridized carbons (Fsp3) is 0.467. The van der Waals surface area contributed by atoms with Crippen LogP contribution in [0.2, 0.25) is 0 Å². The van der Waals surface area contributed by atoms with Crippen LogP contribution in [-0.2, 0) is 16.1 Å². The lowest BCUT2D eigenvalue weighted by molar-refractivity contribution is -0.150. The molecule has 0 aromatic heterocycles. The fourth-order valence-electron chi connectivity index (χ4n) is 3.22. The summed E-state index contributed by atoms with van der Waals surface area (Å²) in [5.41, 5.74) is -0.335. The van der Waals surface area contributed by atoms with E-state index in [0.717, 1.165) is 17.3 Å². The monoisotopic (exact) mass is 354 g/mol. The van der Waals surface area contributed by atoms with E-state index in [1.165, 1.54) is 11.0 Å². The zero-order valence-electron chi connectivity index (χ0n) is 11.5. The number of nitrogens with one attached hydrogen (secondary N) is 1. The Morgan fingerprint density at radius 3 is 2.71 bits per heavy atom. The highest BCUT2D eigenvalue weighted by molar-refractivity contribution is 9.10. The van der Waals surface area contributed by atoms with Gasteiger partial charge in [-0.2, -0.15) is 0 Å². The van der Waals surface area contributed by atoms with Crippen molar-refractivity contribution in [3.05, 3.63) is 34.1 Å². The summed E-state index contributed by atoms with van der Waals surface area (Å²) in [4.78, 5) is 26.1. The normalized spacial score (nSPS) is 21.0. The first kappa shape index (κ1) is 14.5. The van der Waals surface area contributed by atoms with Gasteiger partial charge in [-0.25, -0.2) is 4.39 Å². The predicted molar refractivity (Wildman–Crippen MR) is 78.9 cm³/mol. The molecule has 1 aromatic rings. The topological polar surface area (TPSA) is 49.4 Å². The highest BCUT2D eigenvalue weighted by atomic mass is 79.9. The van der Waals surface area contributed by atoms with Crippen LogP contribution >= 0.6 is 15.9 Å². The van der Waals surface area contributed by atoms with Crippen molar-refractivity contribution in [2.24, 2.45) is 0 Å². The molecule has 1 heterocycles. The number of hydrogen-bond acceptors (Lipinski definition) is 2. The van der Waals surface area contributed by atoms with Crippen molar-refractivity contribution < 1.29 is 14.0 Å². The average molecular weight is 355 g/mol. The highest BCUT2D eigenvalue weighted by Crippen LogP contribution is 2.34. The Morgan fingerprint density at radius 1 is 1.29 bits per heavy atom. The van der Waals surface area contributed by atoms with Gasteiger partial charge in [0.1, 0.15) is 11.4 Å².